The van der Waals surface area contributed by atoms with Gasteiger partial charge in [0.2, 0.25) is 0 Å². The van der Waals surface area contributed by atoms with Crippen LogP contribution in [0.2, 0.25) is 0 Å². The van der Waals surface area contributed by atoms with Crippen molar-refractivity contribution in [3.05, 3.63) is 108 Å². The van der Waals surface area contributed by atoms with Gasteiger partial charge in [0.15, 0.2) is 5.82 Å². The van der Waals surface area contributed by atoms with Crippen LogP contribution in [0.3, 0.4) is 0 Å². The number of benzene rings is 2. The highest BCUT2D eigenvalue weighted by molar-refractivity contribution is 6.04. The normalized spacial score (nSPS) is 10.5. The summed E-state index contributed by atoms with van der Waals surface area (Å²) in [4.78, 5) is 11.0. The van der Waals surface area contributed by atoms with Gasteiger partial charge in [-0.1, -0.05) is 55.2 Å². The maximum atomic E-state index is 11.0. The minimum Gasteiger partial charge on any atom is -0.382 e. The summed E-state index contributed by atoms with van der Waals surface area (Å²) in [7, 11) is 1.88. The van der Waals surface area contributed by atoms with Gasteiger partial charge in [0.05, 0.1) is 34.6 Å². The molecule has 6 rings (SSSR count). The standard InChI is InChI=1S/C22H18N4.C8H8N4O/c1-3-17-11-22-21(12-20(17)18-7-5-4-6-8-18)19(14-23-25-22)10-9-16-13-24-26(2)15-16;9-7-6(8(10)13)5-3-1-2-4-12(5)11-7/h4-8,11-15H,3H2,1-2H3;1-4H,(H2,9,11)(H2,10,13). The van der Waals surface area contributed by atoms with E-state index in [0.29, 0.717) is 5.52 Å². The Kier molecular flexibility index (Phi) is 7.01. The number of anilines is 1. The van der Waals surface area contributed by atoms with Crippen LogP contribution in [0.4, 0.5) is 5.82 Å². The van der Waals surface area contributed by atoms with Gasteiger partial charge in [-0.25, -0.2) is 4.52 Å². The average molecular weight is 515 g/mol. The zero-order valence-corrected chi connectivity index (χ0v) is 21.5. The van der Waals surface area contributed by atoms with Crippen molar-refractivity contribution >= 4 is 28.1 Å². The molecule has 1 amide bonds. The summed E-state index contributed by atoms with van der Waals surface area (Å²) < 4.78 is 3.27. The lowest BCUT2D eigenvalue weighted by molar-refractivity contribution is 0.100. The van der Waals surface area contributed by atoms with Crippen LogP contribution in [0.5, 0.6) is 0 Å². The summed E-state index contributed by atoms with van der Waals surface area (Å²) >= 11 is 0. The van der Waals surface area contributed by atoms with E-state index in [2.05, 4.69) is 75.6 Å². The fraction of sp³-hybridized carbons (Fsp3) is 0.100. The molecule has 9 nitrogen and oxygen atoms in total. The molecule has 0 atom stereocenters. The van der Waals surface area contributed by atoms with Crippen molar-refractivity contribution in [3.63, 3.8) is 0 Å². The lowest BCUT2D eigenvalue weighted by Crippen LogP contribution is -2.12. The number of aromatic nitrogens is 6. The zero-order chi connectivity index (χ0) is 27.4. The van der Waals surface area contributed by atoms with Gasteiger partial charge >= 0.3 is 0 Å². The summed E-state index contributed by atoms with van der Waals surface area (Å²) in [5.41, 5.74) is 17.9. The molecular formula is C30H26N8O. The van der Waals surface area contributed by atoms with Gasteiger partial charge < -0.3 is 11.5 Å². The molecule has 0 bridgehead atoms. The lowest BCUT2D eigenvalue weighted by atomic mass is 9.95. The Morgan fingerprint density at radius 1 is 1.03 bits per heavy atom. The number of pyridine rings is 1. The molecule has 39 heavy (non-hydrogen) atoms. The maximum absolute atomic E-state index is 11.0. The highest BCUT2D eigenvalue weighted by atomic mass is 16.1. The number of aryl methyl sites for hydroxylation is 2. The van der Waals surface area contributed by atoms with Gasteiger partial charge in [-0.05, 0) is 47.4 Å². The number of rotatable bonds is 3. The summed E-state index contributed by atoms with van der Waals surface area (Å²) in [5, 5.41) is 17.5. The Hall–Kier alpha value is -5.49. The van der Waals surface area contributed by atoms with E-state index >= 15 is 0 Å². The molecular weight excluding hydrogens is 488 g/mol. The zero-order valence-electron chi connectivity index (χ0n) is 21.5. The fourth-order valence-electron chi connectivity index (χ4n) is 4.32. The molecule has 2 aromatic carbocycles. The van der Waals surface area contributed by atoms with Crippen LogP contribution < -0.4 is 11.5 Å². The van der Waals surface area contributed by atoms with E-state index in [4.69, 9.17) is 11.5 Å². The number of hydrogen-bond donors (Lipinski definition) is 2. The Labute approximate surface area is 225 Å². The smallest absolute Gasteiger partial charge is 0.254 e. The molecule has 4 aromatic heterocycles. The summed E-state index contributed by atoms with van der Waals surface area (Å²) in [6, 6.07) is 20.1. The Morgan fingerprint density at radius 3 is 2.54 bits per heavy atom. The quantitative estimate of drug-likeness (QED) is 0.343. The minimum atomic E-state index is -0.557. The number of fused-ring (bicyclic) bond motifs is 2. The Morgan fingerprint density at radius 2 is 1.82 bits per heavy atom. The van der Waals surface area contributed by atoms with Crippen molar-refractivity contribution in [2.24, 2.45) is 12.8 Å². The number of primary amides is 1. The van der Waals surface area contributed by atoms with E-state index in [1.165, 1.54) is 21.2 Å². The van der Waals surface area contributed by atoms with E-state index in [0.717, 1.165) is 28.5 Å². The number of amides is 1. The predicted molar refractivity (Wildman–Crippen MR) is 152 cm³/mol. The topological polar surface area (TPSA) is 130 Å². The van der Waals surface area contributed by atoms with Crippen molar-refractivity contribution in [1.29, 1.82) is 0 Å². The number of carbonyl (C=O) groups excluding carboxylic acids is 1. The van der Waals surface area contributed by atoms with Gasteiger partial charge in [0.1, 0.15) is 5.56 Å². The molecule has 4 heterocycles. The second-order valence-electron chi connectivity index (χ2n) is 8.81. The third-order valence-electron chi connectivity index (χ3n) is 6.19. The van der Waals surface area contributed by atoms with E-state index in [1.807, 2.05) is 19.3 Å². The van der Waals surface area contributed by atoms with Crippen LogP contribution >= 0.6 is 0 Å². The molecule has 0 saturated heterocycles. The van der Waals surface area contributed by atoms with Gasteiger partial charge in [0, 0.05) is 24.8 Å². The molecule has 0 aliphatic rings. The van der Waals surface area contributed by atoms with E-state index in [9.17, 15) is 4.79 Å². The van der Waals surface area contributed by atoms with Crippen LogP contribution in [-0.4, -0.2) is 35.5 Å². The van der Waals surface area contributed by atoms with Gasteiger partial charge in [-0.3, -0.25) is 9.48 Å². The van der Waals surface area contributed by atoms with E-state index in [-0.39, 0.29) is 11.4 Å². The lowest BCUT2D eigenvalue weighted by Gasteiger charge is -2.10. The SMILES string of the molecule is CCc1cc2nncc(C#Cc3cnn(C)c3)c2cc1-c1ccccc1.NC(=O)c1c(N)nn2ccccc12. The molecule has 0 unspecified atom stereocenters. The summed E-state index contributed by atoms with van der Waals surface area (Å²) in [5.74, 6) is 6.00. The molecule has 6 aromatic rings. The maximum Gasteiger partial charge on any atom is 0.254 e. The number of nitrogens with zero attached hydrogens (tertiary/aromatic N) is 6. The third kappa shape index (κ3) is 5.31. The number of nitrogens with two attached hydrogens (primary N) is 2. The Bertz CT molecular complexity index is 1860. The number of hydrogen-bond acceptors (Lipinski definition) is 6. The Balaban J connectivity index is 0.000000198. The van der Waals surface area contributed by atoms with Crippen LogP contribution in [0.25, 0.3) is 27.5 Å². The minimum absolute atomic E-state index is 0.165. The van der Waals surface area contributed by atoms with Gasteiger partial charge in [-0.15, -0.1) is 5.10 Å². The van der Waals surface area contributed by atoms with Crippen LogP contribution in [0.15, 0.2) is 85.5 Å². The first-order chi connectivity index (χ1) is 18.9. The van der Waals surface area contributed by atoms with Gasteiger partial charge in [0.25, 0.3) is 5.91 Å². The predicted octanol–water partition coefficient (Wildman–Crippen LogP) is 4.01. The molecule has 0 fully saturated rings. The third-order valence-corrected chi connectivity index (χ3v) is 6.19. The summed E-state index contributed by atoms with van der Waals surface area (Å²) in [6.07, 6.45) is 8.03. The number of carbonyl (C=O) groups is 1. The molecule has 0 radical (unpaired) electrons. The molecule has 9 heteroatoms. The first-order valence-electron chi connectivity index (χ1n) is 12.3. The van der Waals surface area contributed by atoms with Crippen molar-refractivity contribution in [2.45, 2.75) is 13.3 Å². The van der Waals surface area contributed by atoms with Crippen LogP contribution in [0, 0.1) is 11.8 Å². The van der Waals surface area contributed by atoms with Crippen molar-refractivity contribution in [2.75, 3.05) is 5.73 Å². The van der Waals surface area contributed by atoms with E-state index in [1.54, 1.807) is 41.5 Å². The molecule has 0 aliphatic heterocycles. The monoisotopic (exact) mass is 514 g/mol. The van der Waals surface area contributed by atoms with Crippen molar-refractivity contribution < 1.29 is 4.79 Å². The second kappa shape index (κ2) is 10.9. The highest BCUT2D eigenvalue weighted by Crippen LogP contribution is 2.29. The first-order valence-corrected chi connectivity index (χ1v) is 12.3. The molecule has 0 aliphatic carbocycles. The first kappa shape index (κ1) is 25.2. The van der Waals surface area contributed by atoms with E-state index < -0.39 is 5.91 Å². The number of nitrogen functional groups attached to an aromatic ring is 1. The van der Waals surface area contributed by atoms with Gasteiger partial charge in [-0.2, -0.15) is 15.3 Å². The van der Waals surface area contributed by atoms with Crippen molar-refractivity contribution in [1.82, 2.24) is 29.6 Å². The molecule has 192 valence electrons. The fourth-order valence-corrected chi connectivity index (χ4v) is 4.32. The van der Waals surface area contributed by atoms with Crippen LogP contribution in [-0.2, 0) is 13.5 Å². The molecule has 4 N–H and O–H groups in total. The molecule has 0 saturated carbocycles. The molecule has 0 spiro atoms. The average Bonchev–Trinajstić information content (AvgIpc) is 3.53. The van der Waals surface area contributed by atoms with Crippen molar-refractivity contribution in [3.8, 4) is 23.0 Å². The van der Waals surface area contributed by atoms with Crippen LogP contribution in [0.1, 0.15) is 34.0 Å². The largest absolute Gasteiger partial charge is 0.382 e. The second-order valence-corrected chi connectivity index (χ2v) is 8.81. The summed E-state index contributed by atoms with van der Waals surface area (Å²) in [6.45, 7) is 2.16. The highest BCUT2D eigenvalue weighted by Gasteiger charge is 2.14.